The highest BCUT2D eigenvalue weighted by molar-refractivity contribution is 5.95. The van der Waals surface area contributed by atoms with Crippen molar-refractivity contribution in [3.63, 3.8) is 0 Å². The van der Waals surface area contributed by atoms with Gasteiger partial charge in [-0.3, -0.25) is 9.48 Å². The third kappa shape index (κ3) is 4.93. The van der Waals surface area contributed by atoms with Crippen molar-refractivity contribution in [2.24, 2.45) is 12.0 Å². The van der Waals surface area contributed by atoms with Gasteiger partial charge < -0.3 is 14.2 Å². The Morgan fingerprint density at radius 1 is 0.814 bits per heavy atom. The van der Waals surface area contributed by atoms with Crippen molar-refractivity contribution in [1.82, 2.24) is 9.36 Å². The van der Waals surface area contributed by atoms with Gasteiger partial charge in [0.05, 0.1) is 25.6 Å². The van der Waals surface area contributed by atoms with E-state index in [4.69, 9.17) is 19.2 Å². The summed E-state index contributed by atoms with van der Waals surface area (Å²) in [4.78, 5) is 18.6. The van der Waals surface area contributed by atoms with Crippen LogP contribution in [-0.4, -0.2) is 29.8 Å². The number of methoxy groups -OCH3 is 2. The fraction of sp³-hybridized carbons (Fsp3) is 0.167. The molecule has 1 atom stereocenters. The molecule has 1 aliphatic heterocycles. The smallest absolute Gasteiger partial charge is 0.297 e. The van der Waals surface area contributed by atoms with Crippen molar-refractivity contribution < 1.29 is 14.2 Å². The molecule has 0 saturated heterocycles. The second-order valence-electron chi connectivity index (χ2n) is 10.5. The Morgan fingerprint density at radius 3 is 2.21 bits per heavy atom. The summed E-state index contributed by atoms with van der Waals surface area (Å²) in [5.74, 6) is 2.41. The molecule has 7 nitrogen and oxygen atoms in total. The minimum absolute atomic E-state index is 0.194. The number of allylic oxidation sites excluding steroid dienone is 1. The van der Waals surface area contributed by atoms with E-state index in [1.807, 2.05) is 97.5 Å². The molecular formula is C36H33N3O4. The van der Waals surface area contributed by atoms with E-state index in [-0.39, 0.29) is 11.5 Å². The van der Waals surface area contributed by atoms with Gasteiger partial charge in [0.1, 0.15) is 11.5 Å². The predicted molar refractivity (Wildman–Crippen MR) is 170 cm³/mol. The molecule has 6 rings (SSSR count). The van der Waals surface area contributed by atoms with Crippen LogP contribution in [0, 0.1) is 13.8 Å². The van der Waals surface area contributed by atoms with Gasteiger partial charge in [-0.2, -0.15) is 0 Å². The first-order valence-electron chi connectivity index (χ1n) is 14.1. The van der Waals surface area contributed by atoms with Crippen LogP contribution in [0.2, 0.25) is 0 Å². The largest absolute Gasteiger partial charge is 0.493 e. The summed E-state index contributed by atoms with van der Waals surface area (Å²) in [7, 11) is 5.09. The molecule has 0 aliphatic carbocycles. The lowest BCUT2D eigenvalue weighted by Crippen LogP contribution is -2.19. The zero-order chi connectivity index (χ0) is 30.1. The number of hydrogen-bond acceptors (Lipinski definition) is 5. The number of para-hydroxylation sites is 2. The number of aryl methyl sites for hydroxylation is 1. The number of rotatable bonds is 7. The van der Waals surface area contributed by atoms with E-state index in [9.17, 15) is 4.79 Å². The summed E-state index contributed by atoms with van der Waals surface area (Å²) < 4.78 is 21.3. The van der Waals surface area contributed by atoms with Crippen molar-refractivity contribution in [2.45, 2.75) is 19.8 Å². The van der Waals surface area contributed by atoms with Crippen molar-refractivity contribution in [2.75, 3.05) is 14.2 Å². The summed E-state index contributed by atoms with van der Waals surface area (Å²) in [5.41, 5.74) is 6.63. The number of nitrogens with zero attached hydrogens (tertiary/aromatic N) is 3. The first kappa shape index (κ1) is 27.8. The molecule has 0 saturated carbocycles. The standard InChI is InChI=1S/C36H33N3O4/c1-23-13-9-10-16-27(23)33-28-17-11-12-18-30(28)43-35(25-19-20-31(41-4)32(21-25)42-5)29(33)22-37-34-24(2)38(3)39(36(34)40)26-14-7-6-8-15-26/h6-22,33H,1-5H3. The minimum atomic E-state index is -0.196. The summed E-state index contributed by atoms with van der Waals surface area (Å²) in [6.07, 6.45) is 1.79. The first-order chi connectivity index (χ1) is 20.9. The third-order valence-corrected chi connectivity index (χ3v) is 8.02. The molecule has 0 amide bonds. The lowest BCUT2D eigenvalue weighted by Gasteiger charge is -2.31. The van der Waals surface area contributed by atoms with E-state index in [0.717, 1.165) is 45.0 Å². The van der Waals surface area contributed by atoms with E-state index in [0.29, 0.717) is 22.9 Å². The number of aromatic nitrogens is 2. The Kier molecular flexibility index (Phi) is 7.47. The van der Waals surface area contributed by atoms with Gasteiger partial charge in [-0.25, -0.2) is 9.67 Å². The number of ether oxygens (including phenoxy) is 3. The van der Waals surface area contributed by atoms with Gasteiger partial charge in [-0.15, -0.1) is 0 Å². The molecule has 1 unspecified atom stereocenters. The van der Waals surface area contributed by atoms with Gasteiger partial charge in [-0.1, -0.05) is 60.7 Å². The highest BCUT2D eigenvalue weighted by Gasteiger charge is 2.32. The zero-order valence-corrected chi connectivity index (χ0v) is 24.9. The normalized spacial score (nSPS) is 14.5. The molecule has 4 aromatic carbocycles. The lowest BCUT2D eigenvalue weighted by atomic mass is 9.80. The molecule has 0 radical (unpaired) electrons. The fourth-order valence-corrected chi connectivity index (χ4v) is 5.70. The average molecular weight is 572 g/mol. The number of fused-ring (bicyclic) bond motifs is 1. The van der Waals surface area contributed by atoms with E-state index < -0.39 is 0 Å². The van der Waals surface area contributed by atoms with Crippen LogP contribution < -0.4 is 19.8 Å². The van der Waals surface area contributed by atoms with Crippen LogP contribution in [0.25, 0.3) is 11.4 Å². The van der Waals surface area contributed by atoms with E-state index in [1.54, 1.807) is 25.1 Å². The van der Waals surface area contributed by atoms with Crippen LogP contribution >= 0.6 is 0 Å². The molecule has 0 N–H and O–H groups in total. The maximum atomic E-state index is 13.7. The Balaban J connectivity index is 1.60. The quantitative estimate of drug-likeness (QED) is 0.195. The molecule has 5 aromatic rings. The molecule has 2 heterocycles. The summed E-state index contributed by atoms with van der Waals surface area (Å²) in [6, 6.07) is 31.7. The molecule has 1 aliphatic rings. The van der Waals surface area contributed by atoms with E-state index in [1.165, 1.54) is 0 Å². The SMILES string of the molecule is COc1ccc(C2=C(C=Nc3c(C)n(C)n(-c4ccccc4)c3=O)C(c3ccccc3C)c3ccccc3O2)cc1OC. The number of benzene rings is 4. The molecule has 216 valence electrons. The van der Waals surface area contributed by atoms with Crippen LogP contribution in [-0.2, 0) is 7.05 Å². The molecule has 43 heavy (non-hydrogen) atoms. The third-order valence-electron chi connectivity index (χ3n) is 8.02. The van der Waals surface area contributed by atoms with Crippen molar-refractivity contribution in [3.8, 4) is 22.9 Å². The molecule has 1 aromatic heterocycles. The van der Waals surface area contributed by atoms with Crippen LogP contribution in [0.5, 0.6) is 17.2 Å². The maximum Gasteiger partial charge on any atom is 0.297 e. The van der Waals surface area contributed by atoms with Crippen LogP contribution in [0.1, 0.15) is 33.9 Å². The Hall–Kier alpha value is -5.30. The molecule has 0 spiro atoms. The Morgan fingerprint density at radius 2 is 1.49 bits per heavy atom. The molecule has 7 heteroatoms. The topological polar surface area (TPSA) is 67.0 Å². The number of hydrogen-bond donors (Lipinski definition) is 0. The highest BCUT2D eigenvalue weighted by atomic mass is 16.5. The molecular weight excluding hydrogens is 538 g/mol. The maximum absolute atomic E-state index is 13.7. The number of aliphatic imine (C=N–C) groups is 1. The van der Waals surface area contributed by atoms with Gasteiger partial charge in [0.2, 0.25) is 0 Å². The minimum Gasteiger partial charge on any atom is -0.493 e. The van der Waals surface area contributed by atoms with Gasteiger partial charge in [0, 0.05) is 35.9 Å². The monoisotopic (exact) mass is 571 g/mol. The van der Waals surface area contributed by atoms with Crippen molar-refractivity contribution in [1.29, 1.82) is 0 Å². The summed E-state index contributed by atoms with van der Waals surface area (Å²) in [6.45, 7) is 4.01. The highest BCUT2D eigenvalue weighted by Crippen LogP contribution is 2.46. The van der Waals surface area contributed by atoms with Crippen LogP contribution in [0.4, 0.5) is 5.69 Å². The van der Waals surface area contributed by atoms with Gasteiger partial charge in [-0.05, 0) is 61.4 Å². The van der Waals surface area contributed by atoms with Crippen LogP contribution in [0.3, 0.4) is 0 Å². The second-order valence-corrected chi connectivity index (χ2v) is 10.5. The predicted octanol–water partition coefficient (Wildman–Crippen LogP) is 7.15. The summed E-state index contributed by atoms with van der Waals surface area (Å²) in [5, 5.41) is 0. The Labute approximate surface area is 250 Å². The zero-order valence-electron chi connectivity index (χ0n) is 24.9. The summed E-state index contributed by atoms with van der Waals surface area (Å²) >= 11 is 0. The first-order valence-corrected chi connectivity index (χ1v) is 14.1. The van der Waals surface area contributed by atoms with Crippen molar-refractivity contribution >= 4 is 17.7 Å². The lowest BCUT2D eigenvalue weighted by molar-refractivity contribution is 0.354. The fourth-order valence-electron chi connectivity index (χ4n) is 5.70. The molecule has 0 bridgehead atoms. The van der Waals surface area contributed by atoms with Gasteiger partial charge in [0.25, 0.3) is 5.56 Å². The Bertz CT molecular complexity index is 1930. The van der Waals surface area contributed by atoms with E-state index >= 15 is 0 Å². The second kappa shape index (κ2) is 11.5. The van der Waals surface area contributed by atoms with Gasteiger partial charge in [0.15, 0.2) is 17.2 Å². The van der Waals surface area contributed by atoms with Crippen LogP contribution in [0.15, 0.2) is 112 Å². The van der Waals surface area contributed by atoms with E-state index in [2.05, 4.69) is 25.1 Å². The van der Waals surface area contributed by atoms with Gasteiger partial charge >= 0.3 is 0 Å². The van der Waals surface area contributed by atoms with Crippen molar-refractivity contribution in [3.05, 3.63) is 141 Å². The molecule has 0 fully saturated rings. The average Bonchev–Trinajstić information content (AvgIpc) is 3.26.